The molecular formula is C21H29ClO4. The molecule has 4 saturated carbocycles. The lowest BCUT2D eigenvalue weighted by molar-refractivity contribution is -0.176. The smallest absolute Gasteiger partial charge is 0.161 e. The highest BCUT2D eigenvalue weighted by Crippen LogP contribution is 2.67. The van der Waals surface area contributed by atoms with Crippen LogP contribution in [0.1, 0.15) is 65.7 Å². The van der Waals surface area contributed by atoms with Crippen LogP contribution < -0.4 is 0 Å². The van der Waals surface area contributed by atoms with Crippen molar-refractivity contribution in [2.75, 3.05) is 0 Å². The molecule has 0 aliphatic heterocycles. The van der Waals surface area contributed by atoms with Crippen molar-refractivity contribution in [2.45, 2.75) is 76.7 Å². The average Bonchev–Trinajstić information content (AvgIpc) is 2.83. The van der Waals surface area contributed by atoms with Gasteiger partial charge in [-0.25, -0.2) is 0 Å². The van der Waals surface area contributed by atoms with Gasteiger partial charge >= 0.3 is 0 Å². The zero-order valence-electron chi connectivity index (χ0n) is 15.9. The van der Waals surface area contributed by atoms with E-state index in [4.69, 9.17) is 11.6 Å². The molecule has 0 aromatic carbocycles. The van der Waals surface area contributed by atoms with Gasteiger partial charge in [-0.1, -0.05) is 13.8 Å². The topological polar surface area (TPSA) is 71.4 Å². The first-order valence-corrected chi connectivity index (χ1v) is 10.4. The number of carbonyl (C=O) groups is 3. The fourth-order valence-corrected chi connectivity index (χ4v) is 8.02. The molecule has 0 amide bonds. The highest BCUT2D eigenvalue weighted by molar-refractivity contribution is 6.31. The lowest BCUT2D eigenvalue weighted by Crippen LogP contribution is -2.62. The van der Waals surface area contributed by atoms with Crippen molar-refractivity contribution in [1.29, 1.82) is 0 Å². The van der Waals surface area contributed by atoms with E-state index in [1.54, 1.807) is 0 Å². The molecule has 0 aromatic rings. The normalized spacial score (nSPS) is 53.7. The summed E-state index contributed by atoms with van der Waals surface area (Å²) in [6.45, 7) is 5.56. The largest absolute Gasteiger partial charge is 0.381 e. The van der Waals surface area contributed by atoms with Crippen LogP contribution in [0.15, 0.2) is 0 Å². The Hall–Kier alpha value is -0.740. The van der Waals surface area contributed by atoms with E-state index in [1.165, 1.54) is 6.92 Å². The lowest BCUT2D eigenvalue weighted by atomic mass is 9.44. The minimum atomic E-state index is -1.38. The molecule has 0 saturated heterocycles. The second-order valence-corrected chi connectivity index (χ2v) is 10.3. The second-order valence-electron chi connectivity index (χ2n) is 9.82. The van der Waals surface area contributed by atoms with Gasteiger partial charge < -0.3 is 5.11 Å². The summed E-state index contributed by atoms with van der Waals surface area (Å²) in [4.78, 5) is 37.8. The van der Waals surface area contributed by atoms with Crippen molar-refractivity contribution < 1.29 is 19.5 Å². The summed E-state index contributed by atoms with van der Waals surface area (Å²) in [7, 11) is 0. The Morgan fingerprint density at radius 2 is 1.77 bits per heavy atom. The maximum absolute atomic E-state index is 13.4. The van der Waals surface area contributed by atoms with E-state index in [2.05, 4.69) is 6.92 Å². The Kier molecular flexibility index (Phi) is 4.03. The summed E-state index contributed by atoms with van der Waals surface area (Å²) >= 11 is 6.49. The molecule has 4 aliphatic rings. The van der Waals surface area contributed by atoms with Gasteiger partial charge in [0.05, 0.1) is 5.38 Å². The molecule has 4 nitrogen and oxygen atoms in total. The van der Waals surface area contributed by atoms with Gasteiger partial charge in [-0.3, -0.25) is 14.4 Å². The molecule has 0 radical (unpaired) electrons. The second kappa shape index (κ2) is 5.64. The number of aliphatic hydroxyl groups is 1. The minimum Gasteiger partial charge on any atom is -0.381 e. The van der Waals surface area contributed by atoms with Crippen molar-refractivity contribution in [3.63, 3.8) is 0 Å². The number of carbonyl (C=O) groups excluding carboxylic acids is 3. The zero-order valence-corrected chi connectivity index (χ0v) is 16.6. The number of Topliss-reactive ketones (excluding diaryl/α,β-unsaturated/α-hetero) is 3. The fraction of sp³-hybridized carbons (Fsp3) is 0.857. The van der Waals surface area contributed by atoms with Crippen LogP contribution in [0, 0.1) is 34.5 Å². The third kappa shape index (κ3) is 2.09. The van der Waals surface area contributed by atoms with Gasteiger partial charge in [-0.05, 0) is 62.2 Å². The van der Waals surface area contributed by atoms with E-state index < -0.39 is 16.4 Å². The van der Waals surface area contributed by atoms with Crippen LogP contribution in [-0.4, -0.2) is 33.4 Å². The summed E-state index contributed by atoms with van der Waals surface area (Å²) in [5.41, 5.74) is -2.28. The van der Waals surface area contributed by atoms with E-state index in [0.29, 0.717) is 12.8 Å². The number of hydrogen-bond donors (Lipinski definition) is 1. The molecule has 4 fully saturated rings. The van der Waals surface area contributed by atoms with Crippen LogP contribution >= 0.6 is 11.6 Å². The van der Waals surface area contributed by atoms with Crippen LogP contribution in [0.3, 0.4) is 0 Å². The van der Waals surface area contributed by atoms with E-state index in [-0.39, 0.29) is 52.9 Å². The van der Waals surface area contributed by atoms with E-state index in [9.17, 15) is 19.5 Å². The van der Waals surface area contributed by atoms with E-state index >= 15 is 0 Å². The first-order valence-electron chi connectivity index (χ1n) is 9.99. The van der Waals surface area contributed by atoms with Gasteiger partial charge in [0, 0.05) is 24.2 Å². The molecule has 144 valence electrons. The Labute approximate surface area is 160 Å². The van der Waals surface area contributed by atoms with Gasteiger partial charge in [-0.2, -0.15) is 0 Å². The van der Waals surface area contributed by atoms with Crippen LogP contribution in [0.4, 0.5) is 0 Å². The lowest BCUT2D eigenvalue weighted by Gasteiger charge is -2.60. The highest BCUT2D eigenvalue weighted by Gasteiger charge is 2.69. The SMILES string of the molecule is CC(=O)[C@@]1(O)CC[C@H]2[C@@H]3CC[C@@H]4[C@@H](Cl)C(=O)CC[C@]4(C)[C@H]3C(=O)C[C@@]21C. The molecule has 26 heavy (non-hydrogen) atoms. The number of alkyl halides is 1. The third-order valence-electron chi connectivity index (χ3n) is 8.94. The number of fused-ring (bicyclic) bond motifs is 5. The first-order chi connectivity index (χ1) is 12.1. The maximum atomic E-state index is 13.4. The van der Waals surface area contributed by atoms with Gasteiger partial charge in [0.25, 0.3) is 0 Å². The summed E-state index contributed by atoms with van der Waals surface area (Å²) in [6, 6.07) is 0. The van der Waals surface area contributed by atoms with Crippen LogP contribution in [0.25, 0.3) is 0 Å². The van der Waals surface area contributed by atoms with Gasteiger partial charge in [0.1, 0.15) is 11.4 Å². The molecule has 0 bridgehead atoms. The van der Waals surface area contributed by atoms with Crippen molar-refractivity contribution in [3.8, 4) is 0 Å². The number of hydrogen-bond acceptors (Lipinski definition) is 4. The summed E-state index contributed by atoms with van der Waals surface area (Å²) in [5, 5.41) is 10.7. The molecule has 4 aliphatic carbocycles. The van der Waals surface area contributed by atoms with Crippen molar-refractivity contribution in [2.24, 2.45) is 34.5 Å². The zero-order chi connectivity index (χ0) is 19.1. The predicted molar refractivity (Wildman–Crippen MR) is 97.8 cm³/mol. The van der Waals surface area contributed by atoms with E-state index in [0.717, 1.165) is 25.7 Å². The van der Waals surface area contributed by atoms with E-state index in [1.807, 2.05) is 6.92 Å². The van der Waals surface area contributed by atoms with Crippen LogP contribution in [0.5, 0.6) is 0 Å². The van der Waals surface area contributed by atoms with Crippen LogP contribution in [-0.2, 0) is 14.4 Å². The van der Waals surface area contributed by atoms with Gasteiger partial charge in [0.15, 0.2) is 11.6 Å². The minimum absolute atomic E-state index is 0.0630. The molecular weight excluding hydrogens is 352 g/mol. The first kappa shape index (κ1) is 18.6. The fourth-order valence-electron chi connectivity index (χ4n) is 7.49. The monoisotopic (exact) mass is 380 g/mol. The predicted octanol–water partition coefficient (Wildman–Crippen LogP) is 3.31. The van der Waals surface area contributed by atoms with Crippen molar-refractivity contribution >= 4 is 29.0 Å². The molecule has 1 N–H and O–H groups in total. The van der Waals surface area contributed by atoms with Gasteiger partial charge in [-0.15, -0.1) is 11.6 Å². The van der Waals surface area contributed by atoms with Crippen molar-refractivity contribution in [1.82, 2.24) is 0 Å². The Bertz CT molecular complexity index is 689. The third-order valence-corrected chi connectivity index (χ3v) is 9.48. The molecule has 0 unspecified atom stereocenters. The Morgan fingerprint density at radius 3 is 2.42 bits per heavy atom. The molecule has 8 atom stereocenters. The number of rotatable bonds is 1. The summed E-state index contributed by atoms with van der Waals surface area (Å²) in [6.07, 6.45) is 4.42. The molecule has 4 rings (SSSR count). The quantitative estimate of drug-likeness (QED) is 0.708. The molecule has 5 heteroatoms. The van der Waals surface area contributed by atoms with Crippen LogP contribution in [0.2, 0.25) is 0 Å². The summed E-state index contributed by atoms with van der Waals surface area (Å²) in [5.74, 6) is 0.415. The highest BCUT2D eigenvalue weighted by atomic mass is 35.5. The molecule has 0 heterocycles. The number of halogens is 1. The maximum Gasteiger partial charge on any atom is 0.161 e. The van der Waals surface area contributed by atoms with Gasteiger partial charge in [0.2, 0.25) is 0 Å². The Balaban J connectivity index is 1.73. The average molecular weight is 381 g/mol. The summed E-state index contributed by atoms with van der Waals surface area (Å²) < 4.78 is 0. The standard InChI is InChI=1S/C21H29ClO4/c1-11(23)21(26)9-6-13-12-4-5-14-18(22)15(24)7-8-19(14,2)17(12)16(25)10-20(13,21)3/h12-14,17-18,26H,4-10H2,1-3H3/t12-,13-,14+,17+,18+,19-,20-,21-/m0/s1. The Morgan fingerprint density at radius 1 is 1.08 bits per heavy atom. The molecule has 0 aromatic heterocycles. The number of ketones is 3. The van der Waals surface area contributed by atoms with Crippen molar-refractivity contribution in [3.05, 3.63) is 0 Å². The molecule has 0 spiro atoms.